The van der Waals surface area contributed by atoms with E-state index >= 15 is 0 Å². The molecule has 1 rings (SSSR count). The van der Waals surface area contributed by atoms with Crippen LogP contribution in [0.25, 0.3) is 0 Å². The predicted molar refractivity (Wildman–Crippen MR) is 51.9 cm³/mol. The minimum atomic E-state index is -0.446. The van der Waals surface area contributed by atoms with Gasteiger partial charge in [-0.05, 0) is 34.2 Å². The maximum atomic E-state index is 10.5. The average molecular weight is 198 g/mol. The van der Waals surface area contributed by atoms with E-state index in [-0.39, 0.29) is 5.82 Å². The molecule has 1 aromatic heterocycles. The molecular formula is C8H10N2O2S. The standard InChI is InChI=1S/C8H10N2O2S/c1-2-6-13-7-4-3-5-9-8(7)10(11)12/h3-5H,2,6H2,1H3. The highest BCUT2D eigenvalue weighted by atomic mass is 32.2. The van der Waals surface area contributed by atoms with Crippen molar-refractivity contribution in [2.24, 2.45) is 0 Å². The van der Waals surface area contributed by atoms with Crippen molar-refractivity contribution in [1.29, 1.82) is 0 Å². The van der Waals surface area contributed by atoms with Crippen LogP contribution >= 0.6 is 11.8 Å². The molecule has 0 bridgehead atoms. The molecule has 5 heteroatoms. The highest BCUT2D eigenvalue weighted by Crippen LogP contribution is 2.26. The van der Waals surface area contributed by atoms with Gasteiger partial charge in [0.1, 0.15) is 11.1 Å². The van der Waals surface area contributed by atoms with Gasteiger partial charge in [0.05, 0.1) is 0 Å². The molecule has 0 N–H and O–H groups in total. The fraction of sp³-hybridized carbons (Fsp3) is 0.375. The summed E-state index contributed by atoms with van der Waals surface area (Å²) in [5.41, 5.74) is 0. The molecule has 1 aromatic rings. The van der Waals surface area contributed by atoms with E-state index in [1.807, 2.05) is 6.92 Å². The summed E-state index contributed by atoms with van der Waals surface area (Å²) in [5.74, 6) is 0.841. The molecule has 0 aromatic carbocycles. The predicted octanol–water partition coefficient (Wildman–Crippen LogP) is 2.49. The zero-order valence-electron chi connectivity index (χ0n) is 7.27. The third-order valence-electron chi connectivity index (χ3n) is 1.39. The summed E-state index contributed by atoms with van der Waals surface area (Å²) in [5, 5.41) is 10.5. The van der Waals surface area contributed by atoms with E-state index in [1.165, 1.54) is 18.0 Å². The van der Waals surface area contributed by atoms with Gasteiger partial charge in [-0.25, -0.2) is 0 Å². The molecule has 0 fully saturated rings. The van der Waals surface area contributed by atoms with Crippen LogP contribution in [-0.2, 0) is 0 Å². The lowest BCUT2D eigenvalue weighted by molar-refractivity contribution is -0.392. The normalized spacial score (nSPS) is 9.92. The Labute approximate surface area is 80.5 Å². The van der Waals surface area contributed by atoms with Crippen LogP contribution in [0.15, 0.2) is 23.2 Å². The quantitative estimate of drug-likeness (QED) is 0.423. The van der Waals surface area contributed by atoms with Gasteiger partial charge < -0.3 is 10.1 Å². The molecule has 70 valence electrons. The van der Waals surface area contributed by atoms with Crippen molar-refractivity contribution in [1.82, 2.24) is 4.98 Å². The molecule has 0 aliphatic rings. The summed E-state index contributed by atoms with van der Waals surface area (Å²) in [6, 6.07) is 3.44. The van der Waals surface area contributed by atoms with Crippen molar-refractivity contribution in [2.45, 2.75) is 18.2 Å². The minimum Gasteiger partial charge on any atom is -0.358 e. The second-order valence-corrected chi connectivity index (χ2v) is 3.57. The van der Waals surface area contributed by atoms with E-state index in [2.05, 4.69) is 4.98 Å². The first kappa shape index (κ1) is 9.98. The van der Waals surface area contributed by atoms with Crippen molar-refractivity contribution < 1.29 is 4.92 Å². The molecule has 0 atom stereocenters. The zero-order chi connectivity index (χ0) is 9.68. The molecule has 1 heterocycles. The van der Waals surface area contributed by atoms with E-state index in [9.17, 15) is 10.1 Å². The van der Waals surface area contributed by atoms with E-state index in [0.717, 1.165) is 12.2 Å². The van der Waals surface area contributed by atoms with Crippen LogP contribution in [0.4, 0.5) is 5.82 Å². The molecule has 0 aliphatic carbocycles. The van der Waals surface area contributed by atoms with Crippen LogP contribution in [0.2, 0.25) is 0 Å². The molecule has 0 saturated heterocycles. The van der Waals surface area contributed by atoms with Gasteiger partial charge >= 0.3 is 5.82 Å². The number of nitrogens with zero attached hydrogens (tertiary/aromatic N) is 2. The highest BCUT2D eigenvalue weighted by Gasteiger charge is 2.13. The zero-order valence-corrected chi connectivity index (χ0v) is 8.08. The lowest BCUT2D eigenvalue weighted by Gasteiger charge is -1.99. The first-order chi connectivity index (χ1) is 6.25. The maximum Gasteiger partial charge on any atom is 0.377 e. The van der Waals surface area contributed by atoms with Crippen LogP contribution in [0, 0.1) is 10.1 Å². The number of rotatable bonds is 4. The molecule has 0 spiro atoms. The van der Waals surface area contributed by atoms with E-state index in [0.29, 0.717) is 4.90 Å². The van der Waals surface area contributed by atoms with Crippen LogP contribution in [-0.4, -0.2) is 15.7 Å². The van der Waals surface area contributed by atoms with Gasteiger partial charge in [0.15, 0.2) is 0 Å². The largest absolute Gasteiger partial charge is 0.377 e. The number of pyridine rings is 1. The Hall–Kier alpha value is -1.10. The van der Waals surface area contributed by atoms with E-state index < -0.39 is 4.92 Å². The Kier molecular flexibility index (Phi) is 3.70. The fourth-order valence-corrected chi connectivity index (χ4v) is 1.70. The van der Waals surface area contributed by atoms with Gasteiger partial charge in [-0.15, -0.1) is 11.8 Å². The van der Waals surface area contributed by atoms with Gasteiger partial charge in [0.25, 0.3) is 0 Å². The van der Waals surface area contributed by atoms with Gasteiger partial charge in [0.2, 0.25) is 0 Å². The Morgan fingerprint density at radius 3 is 3.08 bits per heavy atom. The molecule has 4 nitrogen and oxygen atoms in total. The molecule has 0 radical (unpaired) electrons. The van der Waals surface area contributed by atoms with Crippen molar-refractivity contribution in [3.05, 3.63) is 28.4 Å². The number of hydrogen-bond acceptors (Lipinski definition) is 4. The third kappa shape index (κ3) is 2.69. The second-order valence-electron chi connectivity index (χ2n) is 2.43. The smallest absolute Gasteiger partial charge is 0.358 e. The van der Waals surface area contributed by atoms with Crippen molar-refractivity contribution in [3.63, 3.8) is 0 Å². The number of aromatic nitrogens is 1. The van der Waals surface area contributed by atoms with Gasteiger partial charge in [0, 0.05) is 0 Å². The Balaban J connectivity index is 2.84. The van der Waals surface area contributed by atoms with Crippen molar-refractivity contribution in [2.75, 3.05) is 5.75 Å². The molecule has 13 heavy (non-hydrogen) atoms. The first-order valence-corrected chi connectivity index (χ1v) is 4.96. The minimum absolute atomic E-state index is 0.0408. The summed E-state index contributed by atoms with van der Waals surface area (Å²) in [4.78, 5) is 14.4. The SMILES string of the molecule is CCCSc1cccnc1[N+](=O)[O-]. The van der Waals surface area contributed by atoms with Crippen LogP contribution < -0.4 is 0 Å². The maximum absolute atomic E-state index is 10.5. The van der Waals surface area contributed by atoms with Gasteiger partial charge in [-0.1, -0.05) is 6.92 Å². The Bertz CT molecular complexity index is 304. The molecule has 0 aliphatic heterocycles. The van der Waals surface area contributed by atoms with Crippen LogP contribution in [0.1, 0.15) is 13.3 Å². The summed E-state index contributed by atoms with van der Waals surface area (Å²) >= 11 is 1.47. The number of hydrogen-bond donors (Lipinski definition) is 0. The number of thioether (sulfide) groups is 1. The van der Waals surface area contributed by atoms with Crippen molar-refractivity contribution >= 4 is 17.6 Å². The average Bonchev–Trinajstić information content (AvgIpc) is 2.15. The molecular weight excluding hydrogens is 188 g/mol. The molecule has 0 unspecified atom stereocenters. The summed E-state index contributed by atoms with van der Waals surface area (Å²) in [6.07, 6.45) is 2.44. The summed E-state index contributed by atoms with van der Waals surface area (Å²) < 4.78 is 0. The van der Waals surface area contributed by atoms with Crippen LogP contribution in [0.5, 0.6) is 0 Å². The summed E-state index contributed by atoms with van der Waals surface area (Å²) in [6.45, 7) is 2.04. The fourth-order valence-electron chi connectivity index (χ4n) is 0.844. The first-order valence-electron chi connectivity index (χ1n) is 3.98. The highest BCUT2D eigenvalue weighted by molar-refractivity contribution is 7.99. The lowest BCUT2D eigenvalue weighted by atomic mass is 10.5. The monoisotopic (exact) mass is 198 g/mol. The molecule has 0 amide bonds. The second kappa shape index (κ2) is 4.81. The third-order valence-corrected chi connectivity index (χ3v) is 2.63. The topological polar surface area (TPSA) is 56.0 Å². The van der Waals surface area contributed by atoms with Gasteiger partial charge in [-0.2, -0.15) is 0 Å². The van der Waals surface area contributed by atoms with E-state index in [4.69, 9.17) is 0 Å². The summed E-state index contributed by atoms with van der Waals surface area (Å²) in [7, 11) is 0. The molecule has 0 saturated carbocycles. The van der Waals surface area contributed by atoms with Gasteiger partial charge in [-0.3, -0.25) is 0 Å². The Morgan fingerprint density at radius 1 is 1.69 bits per heavy atom. The number of nitro groups is 1. The lowest BCUT2D eigenvalue weighted by Crippen LogP contribution is -1.93. The van der Waals surface area contributed by atoms with Crippen LogP contribution in [0.3, 0.4) is 0 Å². The van der Waals surface area contributed by atoms with Crippen molar-refractivity contribution in [3.8, 4) is 0 Å². The van der Waals surface area contributed by atoms with E-state index in [1.54, 1.807) is 12.1 Å². The Morgan fingerprint density at radius 2 is 2.46 bits per heavy atom.